The summed E-state index contributed by atoms with van der Waals surface area (Å²) in [7, 11) is 1.87. The van der Waals surface area contributed by atoms with E-state index in [0.29, 0.717) is 19.8 Å². The Bertz CT molecular complexity index is 336. The Morgan fingerprint density at radius 1 is 1.59 bits per heavy atom. The topological polar surface area (TPSA) is 61.2 Å². The Morgan fingerprint density at radius 3 is 3.06 bits per heavy atom. The first-order chi connectivity index (χ1) is 8.29. The second-order valence-corrected chi connectivity index (χ2v) is 4.24. The quantitative estimate of drug-likeness (QED) is 0.769. The maximum Gasteiger partial charge on any atom is 0.0965 e. The summed E-state index contributed by atoms with van der Waals surface area (Å²) in [5.41, 5.74) is 0.979. The number of ether oxygens (including phenoxy) is 2. The molecule has 1 N–H and O–H groups in total. The molecule has 0 radical (unpaired) electrons. The molecule has 0 spiro atoms. The van der Waals surface area contributed by atoms with Gasteiger partial charge in [-0.05, 0) is 6.54 Å². The summed E-state index contributed by atoms with van der Waals surface area (Å²) in [5, 5.41) is 11.5. The first kappa shape index (κ1) is 12.5. The fraction of sp³-hybridized carbons (Fsp3) is 0.818. The summed E-state index contributed by atoms with van der Waals surface area (Å²) < 4.78 is 12.9. The van der Waals surface area contributed by atoms with E-state index in [2.05, 4.69) is 22.6 Å². The first-order valence-corrected chi connectivity index (χ1v) is 6.07. The highest BCUT2D eigenvalue weighted by Gasteiger charge is 2.25. The van der Waals surface area contributed by atoms with Gasteiger partial charge in [-0.15, -0.1) is 5.10 Å². The molecule has 2 atom stereocenters. The van der Waals surface area contributed by atoms with E-state index < -0.39 is 0 Å². The van der Waals surface area contributed by atoms with Crippen LogP contribution in [0.1, 0.15) is 12.6 Å². The SMILES string of the molecule is CCNC(Cc1cn(C)nn1)C1COCCO1. The van der Waals surface area contributed by atoms with E-state index in [0.717, 1.165) is 18.7 Å². The van der Waals surface area contributed by atoms with Gasteiger partial charge in [0.2, 0.25) is 0 Å². The number of nitrogens with zero attached hydrogens (tertiary/aromatic N) is 3. The summed E-state index contributed by atoms with van der Waals surface area (Å²) >= 11 is 0. The zero-order valence-corrected chi connectivity index (χ0v) is 10.4. The minimum absolute atomic E-state index is 0.103. The van der Waals surface area contributed by atoms with Gasteiger partial charge in [0.05, 0.1) is 31.6 Å². The van der Waals surface area contributed by atoms with Crippen molar-refractivity contribution in [2.24, 2.45) is 7.05 Å². The molecular formula is C11H20N4O2. The molecule has 0 saturated carbocycles. The maximum atomic E-state index is 5.73. The number of nitrogens with one attached hydrogen (secondary N) is 1. The van der Waals surface area contributed by atoms with E-state index in [1.165, 1.54) is 0 Å². The van der Waals surface area contributed by atoms with Crippen LogP contribution in [0.4, 0.5) is 0 Å². The van der Waals surface area contributed by atoms with Crippen LogP contribution < -0.4 is 5.32 Å². The van der Waals surface area contributed by atoms with Crippen LogP contribution in [0.3, 0.4) is 0 Å². The number of aryl methyl sites for hydroxylation is 1. The molecule has 1 aromatic heterocycles. The third kappa shape index (κ3) is 3.49. The molecule has 1 aliphatic heterocycles. The molecule has 17 heavy (non-hydrogen) atoms. The highest BCUT2D eigenvalue weighted by molar-refractivity contribution is 4.98. The normalized spacial score (nSPS) is 22.6. The van der Waals surface area contributed by atoms with Crippen LogP contribution in [-0.2, 0) is 22.9 Å². The first-order valence-electron chi connectivity index (χ1n) is 6.07. The Labute approximate surface area is 101 Å². The summed E-state index contributed by atoms with van der Waals surface area (Å²) in [5.74, 6) is 0. The molecule has 0 aromatic carbocycles. The van der Waals surface area contributed by atoms with Crippen LogP contribution in [0.25, 0.3) is 0 Å². The second-order valence-electron chi connectivity index (χ2n) is 4.24. The Kier molecular flexibility index (Phi) is 4.47. The molecule has 1 fully saturated rings. The molecule has 1 aromatic rings. The Hall–Kier alpha value is -0.980. The third-order valence-electron chi connectivity index (χ3n) is 2.84. The van der Waals surface area contributed by atoms with Crippen LogP contribution in [0.15, 0.2) is 6.20 Å². The van der Waals surface area contributed by atoms with Crippen molar-refractivity contribution in [2.75, 3.05) is 26.4 Å². The van der Waals surface area contributed by atoms with Crippen LogP contribution in [0.2, 0.25) is 0 Å². The minimum Gasteiger partial charge on any atom is -0.376 e. The van der Waals surface area contributed by atoms with Gasteiger partial charge >= 0.3 is 0 Å². The number of likely N-dealkylation sites (N-methyl/N-ethyl adjacent to an activating group) is 1. The standard InChI is InChI=1S/C11H20N4O2/c1-3-12-10(11-8-16-4-5-17-11)6-9-7-15(2)14-13-9/h7,10-12H,3-6,8H2,1-2H3. The van der Waals surface area contributed by atoms with Gasteiger partial charge in [0, 0.05) is 25.7 Å². The van der Waals surface area contributed by atoms with Gasteiger partial charge in [0.15, 0.2) is 0 Å². The van der Waals surface area contributed by atoms with Crippen LogP contribution in [0, 0.1) is 0 Å². The van der Waals surface area contributed by atoms with Crippen LogP contribution in [-0.4, -0.2) is 53.5 Å². The molecule has 2 unspecified atom stereocenters. The lowest BCUT2D eigenvalue weighted by molar-refractivity contribution is -0.101. The molecular weight excluding hydrogens is 220 g/mol. The molecule has 2 rings (SSSR count). The molecule has 1 aliphatic rings. The average Bonchev–Trinajstić information content (AvgIpc) is 2.75. The van der Waals surface area contributed by atoms with E-state index in [9.17, 15) is 0 Å². The predicted octanol–water partition coefficient (Wildman–Crippen LogP) is -0.249. The smallest absolute Gasteiger partial charge is 0.0965 e. The van der Waals surface area contributed by atoms with Crippen molar-refractivity contribution < 1.29 is 9.47 Å². The zero-order valence-electron chi connectivity index (χ0n) is 10.4. The van der Waals surface area contributed by atoms with Crippen molar-refractivity contribution in [1.82, 2.24) is 20.3 Å². The van der Waals surface area contributed by atoms with Crippen molar-refractivity contribution in [2.45, 2.75) is 25.5 Å². The monoisotopic (exact) mass is 240 g/mol. The highest BCUT2D eigenvalue weighted by Crippen LogP contribution is 2.10. The van der Waals surface area contributed by atoms with Crippen molar-refractivity contribution >= 4 is 0 Å². The van der Waals surface area contributed by atoms with Gasteiger partial charge in [-0.3, -0.25) is 4.68 Å². The van der Waals surface area contributed by atoms with Gasteiger partial charge in [-0.1, -0.05) is 12.1 Å². The van der Waals surface area contributed by atoms with E-state index in [1.807, 2.05) is 13.2 Å². The molecule has 0 bridgehead atoms. The molecule has 96 valence electrons. The molecule has 0 aliphatic carbocycles. The number of aromatic nitrogens is 3. The predicted molar refractivity (Wildman–Crippen MR) is 62.7 cm³/mol. The fourth-order valence-electron chi connectivity index (χ4n) is 2.05. The molecule has 0 amide bonds. The fourth-order valence-corrected chi connectivity index (χ4v) is 2.05. The van der Waals surface area contributed by atoms with Gasteiger partial charge in [0.25, 0.3) is 0 Å². The molecule has 6 nitrogen and oxygen atoms in total. The number of hydrogen-bond acceptors (Lipinski definition) is 5. The van der Waals surface area contributed by atoms with E-state index in [-0.39, 0.29) is 12.1 Å². The van der Waals surface area contributed by atoms with Gasteiger partial charge in [-0.25, -0.2) is 0 Å². The van der Waals surface area contributed by atoms with E-state index in [1.54, 1.807) is 4.68 Å². The van der Waals surface area contributed by atoms with Crippen molar-refractivity contribution in [3.8, 4) is 0 Å². The largest absolute Gasteiger partial charge is 0.376 e. The summed E-state index contributed by atoms with van der Waals surface area (Å²) in [6.45, 7) is 5.02. The molecule has 6 heteroatoms. The van der Waals surface area contributed by atoms with E-state index >= 15 is 0 Å². The van der Waals surface area contributed by atoms with Crippen molar-refractivity contribution in [3.63, 3.8) is 0 Å². The number of hydrogen-bond donors (Lipinski definition) is 1. The summed E-state index contributed by atoms with van der Waals surface area (Å²) in [6.07, 6.45) is 2.86. The average molecular weight is 240 g/mol. The molecule has 1 saturated heterocycles. The van der Waals surface area contributed by atoms with E-state index in [4.69, 9.17) is 9.47 Å². The van der Waals surface area contributed by atoms with Crippen molar-refractivity contribution in [1.29, 1.82) is 0 Å². The van der Waals surface area contributed by atoms with Gasteiger partial charge in [-0.2, -0.15) is 0 Å². The highest BCUT2D eigenvalue weighted by atomic mass is 16.6. The lowest BCUT2D eigenvalue weighted by atomic mass is 10.1. The summed E-state index contributed by atoms with van der Waals surface area (Å²) in [6, 6.07) is 0.233. The Balaban J connectivity index is 1.95. The maximum absolute atomic E-state index is 5.73. The minimum atomic E-state index is 0.103. The zero-order chi connectivity index (χ0) is 12.1. The number of rotatable bonds is 5. The third-order valence-corrected chi connectivity index (χ3v) is 2.84. The van der Waals surface area contributed by atoms with Gasteiger partial charge in [0.1, 0.15) is 0 Å². The second kappa shape index (κ2) is 6.09. The lowest BCUT2D eigenvalue weighted by Crippen LogP contribution is -2.47. The van der Waals surface area contributed by atoms with Gasteiger partial charge < -0.3 is 14.8 Å². The Morgan fingerprint density at radius 2 is 2.47 bits per heavy atom. The lowest BCUT2D eigenvalue weighted by Gasteiger charge is -2.30. The molecule has 2 heterocycles. The van der Waals surface area contributed by atoms with Crippen molar-refractivity contribution in [3.05, 3.63) is 11.9 Å². The van der Waals surface area contributed by atoms with Crippen LogP contribution in [0.5, 0.6) is 0 Å². The summed E-state index contributed by atoms with van der Waals surface area (Å²) in [4.78, 5) is 0. The van der Waals surface area contributed by atoms with Crippen LogP contribution >= 0.6 is 0 Å².